The lowest BCUT2D eigenvalue weighted by Crippen LogP contribution is -2.04. The highest BCUT2D eigenvalue weighted by Crippen LogP contribution is 2.26. The fraction of sp³-hybridized carbons (Fsp3) is 0.267. The van der Waals surface area contributed by atoms with Crippen LogP contribution in [0.25, 0.3) is 11.1 Å². The largest absolute Gasteiger partial charge is 0.493 e. The molecule has 2 aromatic rings. The Kier molecular flexibility index (Phi) is 4.00. The molecule has 0 saturated carbocycles. The lowest BCUT2D eigenvalue weighted by Gasteiger charge is -2.10. The molecule has 4 heteroatoms. The van der Waals surface area contributed by atoms with Crippen molar-refractivity contribution in [2.75, 3.05) is 12.3 Å². The second kappa shape index (κ2) is 5.69. The predicted molar refractivity (Wildman–Crippen MR) is 74.4 cm³/mol. The zero-order valence-electron chi connectivity index (χ0n) is 11.1. The van der Waals surface area contributed by atoms with E-state index in [9.17, 15) is 4.39 Å². The summed E-state index contributed by atoms with van der Waals surface area (Å²) < 4.78 is 19.2. The summed E-state index contributed by atoms with van der Waals surface area (Å²) in [6, 6.07) is 6.38. The molecule has 100 valence electrons. The van der Waals surface area contributed by atoms with Crippen LogP contribution in [0.1, 0.15) is 13.8 Å². The van der Waals surface area contributed by atoms with Crippen LogP contribution in [-0.2, 0) is 0 Å². The van der Waals surface area contributed by atoms with Gasteiger partial charge in [-0.3, -0.25) is 4.98 Å². The van der Waals surface area contributed by atoms with Crippen molar-refractivity contribution in [3.63, 3.8) is 0 Å². The number of halogens is 1. The van der Waals surface area contributed by atoms with Gasteiger partial charge in [-0.05, 0) is 29.7 Å². The molecule has 2 N–H and O–H groups in total. The maximum Gasteiger partial charge on any atom is 0.127 e. The second-order valence-corrected chi connectivity index (χ2v) is 4.89. The van der Waals surface area contributed by atoms with Gasteiger partial charge in [0.2, 0.25) is 0 Å². The monoisotopic (exact) mass is 260 g/mol. The Morgan fingerprint density at radius 2 is 1.95 bits per heavy atom. The van der Waals surface area contributed by atoms with Crippen LogP contribution in [0, 0.1) is 11.7 Å². The van der Waals surface area contributed by atoms with Crippen LogP contribution in [0.2, 0.25) is 0 Å². The topological polar surface area (TPSA) is 48.1 Å². The first kappa shape index (κ1) is 13.3. The Bertz CT molecular complexity index is 570. The van der Waals surface area contributed by atoms with Crippen molar-refractivity contribution < 1.29 is 9.13 Å². The first-order valence-corrected chi connectivity index (χ1v) is 6.19. The van der Waals surface area contributed by atoms with E-state index in [1.54, 1.807) is 24.5 Å². The third-order valence-electron chi connectivity index (χ3n) is 2.55. The van der Waals surface area contributed by atoms with Gasteiger partial charge in [-0.15, -0.1) is 0 Å². The van der Waals surface area contributed by atoms with Crippen molar-refractivity contribution >= 4 is 5.69 Å². The molecule has 0 radical (unpaired) electrons. The van der Waals surface area contributed by atoms with Gasteiger partial charge in [-0.1, -0.05) is 13.8 Å². The first-order chi connectivity index (χ1) is 9.04. The van der Waals surface area contributed by atoms with Crippen LogP contribution in [0.3, 0.4) is 0 Å². The van der Waals surface area contributed by atoms with Crippen LogP contribution in [0.5, 0.6) is 5.75 Å². The van der Waals surface area contributed by atoms with E-state index in [0.717, 1.165) is 5.56 Å². The second-order valence-electron chi connectivity index (χ2n) is 4.89. The van der Waals surface area contributed by atoms with Crippen molar-refractivity contribution in [2.24, 2.45) is 5.92 Å². The number of pyridine rings is 1. The molecule has 0 aliphatic heterocycles. The van der Waals surface area contributed by atoms with E-state index >= 15 is 0 Å². The Labute approximate surface area is 112 Å². The summed E-state index contributed by atoms with van der Waals surface area (Å²) in [5.41, 5.74) is 7.71. The number of rotatable bonds is 4. The summed E-state index contributed by atoms with van der Waals surface area (Å²) in [5.74, 6) is 0.575. The van der Waals surface area contributed by atoms with Crippen LogP contribution >= 0.6 is 0 Å². The highest BCUT2D eigenvalue weighted by atomic mass is 19.1. The summed E-state index contributed by atoms with van der Waals surface area (Å²) >= 11 is 0. The predicted octanol–water partition coefficient (Wildman–Crippen LogP) is 3.50. The third-order valence-corrected chi connectivity index (χ3v) is 2.55. The third kappa shape index (κ3) is 3.68. The number of nitrogens with two attached hydrogens (primary N) is 1. The maximum atomic E-state index is 13.6. The average Bonchev–Trinajstić information content (AvgIpc) is 2.36. The van der Waals surface area contributed by atoms with Crippen molar-refractivity contribution in [3.05, 3.63) is 42.5 Å². The van der Waals surface area contributed by atoms with Crippen LogP contribution in [0.15, 0.2) is 36.7 Å². The molecule has 1 aromatic heterocycles. The van der Waals surface area contributed by atoms with Gasteiger partial charge in [-0.25, -0.2) is 4.39 Å². The van der Waals surface area contributed by atoms with Gasteiger partial charge in [0.25, 0.3) is 0 Å². The van der Waals surface area contributed by atoms with E-state index in [-0.39, 0.29) is 5.82 Å². The van der Waals surface area contributed by atoms with Crippen molar-refractivity contribution in [2.45, 2.75) is 13.8 Å². The van der Waals surface area contributed by atoms with Gasteiger partial charge in [0.1, 0.15) is 11.6 Å². The number of benzene rings is 1. The molecule has 1 heterocycles. The Balaban J connectivity index is 2.31. The summed E-state index contributed by atoms with van der Waals surface area (Å²) in [7, 11) is 0. The molecule has 2 rings (SSSR count). The van der Waals surface area contributed by atoms with Gasteiger partial charge in [0.05, 0.1) is 12.3 Å². The number of ether oxygens (including phenoxy) is 1. The molecule has 0 aliphatic rings. The molecular formula is C15H17FN2O. The summed E-state index contributed by atoms with van der Waals surface area (Å²) in [6.07, 6.45) is 3.20. The summed E-state index contributed by atoms with van der Waals surface area (Å²) in [4.78, 5) is 4.01. The van der Waals surface area contributed by atoms with Gasteiger partial charge in [0.15, 0.2) is 0 Å². The molecule has 0 atom stereocenters. The molecule has 0 spiro atoms. The van der Waals surface area contributed by atoms with E-state index in [1.807, 2.05) is 13.8 Å². The lowest BCUT2D eigenvalue weighted by molar-refractivity contribution is 0.270. The van der Waals surface area contributed by atoms with Crippen LogP contribution in [0.4, 0.5) is 10.1 Å². The Hall–Kier alpha value is -2.10. The van der Waals surface area contributed by atoms with Gasteiger partial charge < -0.3 is 10.5 Å². The minimum absolute atomic E-state index is 0.335. The van der Waals surface area contributed by atoms with E-state index < -0.39 is 0 Å². The highest BCUT2D eigenvalue weighted by Gasteiger charge is 2.06. The SMILES string of the molecule is CC(C)COc1cc(F)cc(-c2cncc(N)c2)c1. The molecule has 0 bridgehead atoms. The van der Waals surface area contributed by atoms with Gasteiger partial charge in [-0.2, -0.15) is 0 Å². The van der Waals surface area contributed by atoms with Crippen molar-refractivity contribution in [1.82, 2.24) is 4.98 Å². The van der Waals surface area contributed by atoms with Gasteiger partial charge >= 0.3 is 0 Å². The number of anilines is 1. The smallest absolute Gasteiger partial charge is 0.127 e. The van der Waals surface area contributed by atoms with Gasteiger partial charge in [0, 0.05) is 24.0 Å². The zero-order chi connectivity index (χ0) is 13.8. The van der Waals surface area contributed by atoms with E-state index in [1.165, 1.54) is 12.1 Å². The van der Waals surface area contributed by atoms with Crippen molar-refractivity contribution in [1.29, 1.82) is 0 Å². The fourth-order valence-electron chi connectivity index (χ4n) is 1.69. The number of nitrogens with zero attached hydrogens (tertiary/aromatic N) is 1. The molecule has 0 saturated heterocycles. The quantitative estimate of drug-likeness (QED) is 0.915. The minimum atomic E-state index is -0.335. The fourth-order valence-corrected chi connectivity index (χ4v) is 1.69. The molecule has 0 aliphatic carbocycles. The number of nitrogen functional groups attached to an aromatic ring is 1. The average molecular weight is 260 g/mol. The van der Waals surface area contributed by atoms with E-state index in [0.29, 0.717) is 29.5 Å². The standard InChI is InChI=1S/C15H17FN2O/c1-10(2)9-19-15-5-11(3-13(16)6-15)12-4-14(17)8-18-7-12/h3-8,10H,9,17H2,1-2H3. The minimum Gasteiger partial charge on any atom is -0.493 e. The summed E-state index contributed by atoms with van der Waals surface area (Å²) in [5, 5.41) is 0. The normalized spacial score (nSPS) is 10.7. The molecule has 3 nitrogen and oxygen atoms in total. The highest BCUT2D eigenvalue weighted by molar-refractivity contribution is 5.67. The number of hydrogen-bond donors (Lipinski definition) is 1. The van der Waals surface area contributed by atoms with Crippen molar-refractivity contribution in [3.8, 4) is 16.9 Å². The summed E-state index contributed by atoms with van der Waals surface area (Å²) in [6.45, 7) is 4.64. The van der Waals surface area contributed by atoms with Crippen LogP contribution in [-0.4, -0.2) is 11.6 Å². The molecule has 0 unspecified atom stereocenters. The molecule has 19 heavy (non-hydrogen) atoms. The first-order valence-electron chi connectivity index (χ1n) is 6.19. The Morgan fingerprint density at radius 1 is 1.16 bits per heavy atom. The molecular weight excluding hydrogens is 243 g/mol. The number of hydrogen-bond acceptors (Lipinski definition) is 3. The van der Waals surface area contributed by atoms with E-state index in [2.05, 4.69) is 4.98 Å². The van der Waals surface area contributed by atoms with E-state index in [4.69, 9.17) is 10.5 Å². The Morgan fingerprint density at radius 3 is 2.63 bits per heavy atom. The lowest BCUT2D eigenvalue weighted by atomic mass is 10.1. The molecule has 0 amide bonds. The molecule has 0 fully saturated rings. The van der Waals surface area contributed by atoms with Crippen LogP contribution < -0.4 is 10.5 Å². The zero-order valence-corrected chi connectivity index (χ0v) is 11.1. The number of aromatic nitrogens is 1. The molecule has 1 aromatic carbocycles. The maximum absolute atomic E-state index is 13.6.